The number of hydrogen-bond donors (Lipinski definition) is 0. The van der Waals surface area contributed by atoms with Gasteiger partial charge < -0.3 is 13.9 Å². The Morgan fingerprint density at radius 3 is 2.67 bits per heavy atom. The van der Waals surface area contributed by atoms with Gasteiger partial charge in [0.05, 0.1) is 6.54 Å². The minimum Gasteiger partial charge on any atom is -0.454 e. The minimum atomic E-state index is -0.0854. The second kappa shape index (κ2) is 5.99. The highest BCUT2D eigenvalue weighted by Gasteiger charge is 2.21. The van der Waals surface area contributed by atoms with Crippen LogP contribution in [0.4, 0.5) is 0 Å². The first-order valence-electron chi connectivity index (χ1n) is 7.27. The van der Waals surface area contributed by atoms with Gasteiger partial charge in [-0.25, -0.2) is 0 Å². The molecule has 0 atom stereocenters. The van der Waals surface area contributed by atoms with Crippen molar-refractivity contribution in [3.05, 3.63) is 58.4 Å². The quantitative estimate of drug-likeness (QED) is 0.868. The molecule has 1 aliphatic rings. The molecule has 0 aromatic carbocycles. The summed E-state index contributed by atoms with van der Waals surface area (Å²) < 4.78 is 7.16. The third-order valence-electron chi connectivity index (χ3n) is 3.74. The van der Waals surface area contributed by atoms with E-state index >= 15 is 0 Å². The lowest BCUT2D eigenvalue weighted by molar-refractivity contribution is 0.0690. The Balaban J connectivity index is 1.72. The number of likely N-dealkylation sites (tertiary alicyclic amines) is 1. The van der Waals surface area contributed by atoms with Gasteiger partial charge in [0.1, 0.15) is 5.76 Å². The lowest BCUT2D eigenvalue weighted by Gasteiger charge is -2.25. The predicted octanol–water partition coefficient (Wildman–Crippen LogP) is 2.12. The number of aromatic nitrogens is 1. The first-order chi connectivity index (χ1) is 10.2. The van der Waals surface area contributed by atoms with Crippen LogP contribution < -0.4 is 5.56 Å². The first-order valence-corrected chi connectivity index (χ1v) is 7.27. The zero-order valence-corrected chi connectivity index (χ0v) is 11.8. The molecule has 1 amide bonds. The molecule has 0 bridgehead atoms. The number of carbonyl (C=O) groups is 1. The second-order valence-corrected chi connectivity index (χ2v) is 5.29. The Kier molecular flexibility index (Phi) is 3.90. The molecule has 0 saturated carbocycles. The van der Waals surface area contributed by atoms with Crippen LogP contribution in [0.2, 0.25) is 0 Å². The fraction of sp³-hybridized carbons (Fsp3) is 0.375. The molecule has 3 rings (SSSR count). The Labute approximate surface area is 122 Å². The molecule has 3 heterocycles. The van der Waals surface area contributed by atoms with E-state index in [1.54, 1.807) is 35.0 Å². The van der Waals surface area contributed by atoms with Crippen LogP contribution in [0.25, 0.3) is 0 Å². The number of carbonyl (C=O) groups excluding carboxylic acids is 1. The Hall–Kier alpha value is -2.30. The summed E-state index contributed by atoms with van der Waals surface area (Å²) in [5.41, 5.74) is -0.0854. The number of rotatable bonds is 3. The van der Waals surface area contributed by atoms with E-state index < -0.39 is 0 Å². The van der Waals surface area contributed by atoms with Gasteiger partial charge in [0, 0.05) is 25.4 Å². The molecule has 1 saturated heterocycles. The average molecular weight is 286 g/mol. The topological polar surface area (TPSA) is 55.5 Å². The van der Waals surface area contributed by atoms with Crippen molar-refractivity contribution in [3.8, 4) is 0 Å². The number of hydrogen-bond acceptors (Lipinski definition) is 3. The monoisotopic (exact) mass is 286 g/mol. The van der Waals surface area contributed by atoms with Crippen LogP contribution in [-0.2, 0) is 6.54 Å². The highest BCUT2D eigenvalue weighted by Crippen LogP contribution is 2.15. The highest BCUT2D eigenvalue weighted by atomic mass is 16.4. The number of furan rings is 1. The van der Waals surface area contributed by atoms with Crippen molar-refractivity contribution in [1.29, 1.82) is 0 Å². The molecule has 1 aliphatic heterocycles. The van der Waals surface area contributed by atoms with Crippen molar-refractivity contribution in [3.63, 3.8) is 0 Å². The van der Waals surface area contributed by atoms with Crippen molar-refractivity contribution < 1.29 is 9.21 Å². The van der Waals surface area contributed by atoms with Crippen LogP contribution in [0.15, 0.2) is 45.7 Å². The summed E-state index contributed by atoms with van der Waals surface area (Å²) >= 11 is 0. The standard InChI is InChI=1S/C16H18N2O3/c19-15-6-2-5-11-18(15)12-13-7-8-14(21-13)16(20)17-9-3-1-4-10-17/h2,5-8,11H,1,3-4,9-10,12H2. The van der Waals surface area contributed by atoms with Crippen molar-refractivity contribution in [1.82, 2.24) is 9.47 Å². The average Bonchev–Trinajstić information content (AvgIpc) is 2.98. The van der Waals surface area contributed by atoms with Crippen molar-refractivity contribution in [2.24, 2.45) is 0 Å². The predicted molar refractivity (Wildman–Crippen MR) is 78.3 cm³/mol. The normalized spacial score (nSPS) is 15.1. The van der Waals surface area contributed by atoms with Gasteiger partial charge in [0.2, 0.25) is 0 Å². The fourth-order valence-corrected chi connectivity index (χ4v) is 2.59. The molecule has 110 valence electrons. The van der Waals surface area contributed by atoms with Gasteiger partial charge in [-0.05, 0) is 37.5 Å². The number of pyridine rings is 1. The fourth-order valence-electron chi connectivity index (χ4n) is 2.59. The molecule has 0 radical (unpaired) electrons. The third kappa shape index (κ3) is 3.07. The van der Waals surface area contributed by atoms with Crippen LogP contribution in [0.1, 0.15) is 35.6 Å². The van der Waals surface area contributed by atoms with Gasteiger partial charge in [-0.3, -0.25) is 9.59 Å². The minimum absolute atomic E-state index is 0.0543. The SMILES string of the molecule is O=C(c1ccc(Cn2ccccc2=O)o1)N1CCCCC1. The molecular formula is C16H18N2O3. The smallest absolute Gasteiger partial charge is 0.289 e. The maximum absolute atomic E-state index is 12.3. The summed E-state index contributed by atoms with van der Waals surface area (Å²) in [5.74, 6) is 0.917. The Morgan fingerprint density at radius 1 is 1.10 bits per heavy atom. The second-order valence-electron chi connectivity index (χ2n) is 5.29. The first kappa shape index (κ1) is 13.7. The van der Waals surface area contributed by atoms with Crippen LogP contribution in [0.3, 0.4) is 0 Å². The molecule has 0 N–H and O–H groups in total. The van der Waals surface area contributed by atoms with Gasteiger partial charge in [-0.1, -0.05) is 6.07 Å². The molecule has 21 heavy (non-hydrogen) atoms. The van der Waals surface area contributed by atoms with E-state index in [0.29, 0.717) is 18.1 Å². The summed E-state index contributed by atoms with van der Waals surface area (Å²) in [6, 6.07) is 8.45. The Morgan fingerprint density at radius 2 is 1.90 bits per heavy atom. The van der Waals surface area contributed by atoms with Gasteiger partial charge in [0.25, 0.3) is 11.5 Å². The summed E-state index contributed by atoms with van der Waals surface area (Å²) in [5, 5.41) is 0. The molecule has 2 aromatic heterocycles. The van der Waals surface area contributed by atoms with Gasteiger partial charge in [0.15, 0.2) is 5.76 Å². The molecule has 5 heteroatoms. The van der Waals surface area contributed by atoms with E-state index in [2.05, 4.69) is 0 Å². The maximum Gasteiger partial charge on any atom is 0.289 e. The summed E-state index contributed by atoms with van der Waals surface area (Å²) in [6.07, 6.45) is 5.00. The lowest BCUT2D eigenvalue weighted by Crippen LogP contribution is -2.35. The van der Waals surface area contributed by atoms with E-state index in [4.69, 9.17) is 4.42 Å². The van der Waals surface area contributed by atoms with Crippen LogP contribution in [0.5, 0.6) is 0 Å². The largest absolute Gasteiger partial charge is 0.454 e. The zero-order chi connectivity index (χ0) is 14.7. The molecule has 2 aromatic rings. The summed E-state index contributed by atoms with van der Waals surface area (Å²) in [7, 11) is 0. The van der Waals surface area contributed by atoms with E-state index in [0.717, 1.165) is 25.9 Å². The zero-order valence-electron chi connectivity index (χ0n) is 11.8. The summed E-state index contributed by atoms with van der Waals surface area (Å²) in [6.45, 7) is 1.94. The Bertz CT molecular complexity index is 681. The highest BCUT2D eigenvalue weighted by molar-refractivity contribution is 5.91. The molecule has 5 nitrogen and oxygen atoms in total. The van der Waals surface area contributed by atoms with Crippen molar-refractivity contribution >= 4 is 5.91 Å². The lowest BCUT2D eigenvalue weighted by atomic mass is 10.1. The van der Waals surface area contributed by atoms with Crippen LogP contribution in [0, 0.1) is 0 Å². The third-order valence-corrected chi connectivity index (χ3v) is 3.74. The molecule has 0 unspecified atom stereocenters. The van der Waals surface area contributed by atoms with E-state index in [-0.39, 0.29) is 11.5 Å². The van der Waals surface area contributed by atoms with Crippen LogP contribution in [-0.4, -0.2) is 28.5 Å². The van der Waals surface area contributed by atoms with Gasteiger partial charge in [-0.2, -0.15) is 0 Å². The molecular weight excluding hydrogens is 268 g/mol. The molecule has 0 spiro atoms. The van der Waals surface area contributed by atoms with Gasteiger partial charge >= 0.3 is 0 Å². The van der Waals surface area contributed by atoms with E-state index in [1.165, 1.54) is 12.5 Å². The van der Waals surface area contributed by atoms with E-state index in [1.807, 2.05) is 4.90 Å². The number of amides is 1. The van der Waals surface area contributed by atoms with E-state index in [9.17, 15) is 9.59 Å². The number of piperidine rings is 1. The molecule has 0 aliphatic carbocycles. The maximum atomic E-state index is 12.3. The number of nitrogens with zero attached hydrogens (tertiary/aromatic N) is 2. The van der Waals surface area contributed by atoms with Crippen molar-refractivity contribution in [2.45, 2.75) is 25.8 Å². The summed E-state index contributed by atoms with van der Waals surface area (Å²) in [4.78, 5) is 25.8. The van der Waals surface area contributed by atoms with Crippen LogP contribution >= 0.6 is 0 Å². The van der Waals surface area contributed by atoms with Gasteiger partial charge in [-0.15, -0.1) is 0 Å². The van der Waals surface area contributed by atoms with Crippen molar-refractivity contribution in [2.75, 3.05) is 13.1 Å². The molecule has 1 fully saturated rings.